The van der Waals surface area contributed by atoms with E-state index in [9.17, 15) is 41.0 Å². The maximum Gasteiger partial charge on any atom is 0.416 e. The number of amides is 2. The number of alkyl halides is 6. The summed E-state index contributed by atoms with van der Waals surface area (Å²) in [5, 5.41) is 12.5. The van der Waals surface area contributed by atoms with Crippen LogP contribution in [-0.4, -0.2) is 42.2 Å². The maximum atomic E-state index is 13.1. The third kappa shape index (κ3) is 6.44. The Bertz CT molecular complexity index is 1130. The molecule has 0 aliphatic carbocycles. The largest absolute Gasteiger partial charge is 0.465 e. The third-order valence-electron chi connectivity index (χ3n) is 6.11. The number of aryl methyl sites for hydroxylation is 1. The average molecular weight is 532 g/mol. The fourth-order valence-electron chi connectivity index (χ4n) is 4.28. The number of anilines is 2. The van der Waals surface area contributed by atoms with Crippen LogP contribution >= 0.6 is 0 Å². The lowest BCUT2D eigenvalue weighted by Crippen LogP contribution is -2.47. The number of pyridine rings is 1. The molecule has 1 aromatic carbocycles. The van der Waals surface area contributed by atoms with E-state index in [1.165, 1.54) is 4.90 Å². The number of carbonyl (C=O) groups excluding carboxylic acids is 1. The number of carbonyl (C=O) groups is 2. The van der Waals surface area contributed by atoms with Crippen molar-refractivity contribution in [2.45, 2.75) is 57.0 Å². The highest BCUT2D eigenvalue weighted by Gasteiger charge is 2.38. The van der Waals surface area contributed by atoms with Gasteiger partial charge in [0.05, 0.1) is 28.6 Å². The van der Waals surface area contributed by atoms with E-state index in [1.54, 1.807) is 38.1 Å². The van der Waals surface area contributed by atoms with Gasteiger partial charge < -0.3 is 15.3 Å². The number of nitrogens with one attached hydrogen (secondary N) is 1. The Hall–Kier alpha value is -3.51. The lowest BCUT2D eigenvalue weighted by atomic mass is 9.93. The summed E-state index contributed by atoms with van der Waals surface area (Å²) < 4.78 is 78.8. The van der Waals surface area contributed by atoms with Crippen LogP contribution in [0.5, 0.6) is 0 Å². The van der Waals surface area contributed by atoms with Crippen molar-refractivity contribution in [3.8, 4) is 0 Å². The van der Waals surface area contributed by atoms with E-state index in [-0.39, 0.29) is 30.9 Å². The predicted octanol–water partition coefficient (Wildman–Crippen LogP) is 5.64. The Morgan fingerprint density at radius 2 is 1.68 bits per heavy atom. The molecular weight excluding hydrogens is 506 g/mol. The second kappa shape index (κ2) is 10.5. The monoisotopic (exact) mass is 532 g/mol. The first-order valence-electron chi connectivity index (χ1n) is 11.4. The minimum absolute atomic E-state index is 0.0373. The first-order chi connectivity index (χ1) is 17.1. The van der Waals surface area contributed by atoms with E-state index < -0.39 is 47.6 Å². The quantitative estimate of drug-likeness (QED) is 0.471. The highest BCUT2D eigenvalue weighted by atomic mass is 19.4. The Kier molecular flexibility index (Phi) is 7.94. The number of hydrogen-bond acceptors (Lipinski definition) is 4. The van der Waals surface area contributed by atoms with E-state index in [0.29, 0.717) is 35.8 Å². The molecule has 2 N–H and O–H groups in total. The number of nitrogens with zero attached hydrogens (tertiary/aromatic N) is 3. The lowest BCUT2D eigenvalue weighted by molar-refractivity contribution is -0.143. The maximum absolute atomic E-state index is 13.1. The molecular formula is C24H26F6N4O3. The third-order valence-corrected chi connectivity index (χ3v) is 6.11. The van der Waals surface area contributed by atoms with Gasteiger partial charge in [-0.3, -0.25) is 9.69 Å². The number of carboxylic acid groups (broad SMARTS) is 1. The summed E-state index contributed by atoms with van der Waals surface area (Å²) in [6.07, 6.45) is -11.2. The number of hydrogen-bond donors (Lipinski definition) is 2. The van der Waals surface area contributed by atoms with Gasteiger partial charge in [-0.2, -0.15) is 26.3 Å². The van der Waals surface area contributed by atoms with Crippen LogP contribution in [0, 0.1) is 0 Å². The Balaban J connectivity index is 1.85. The van der Waals surface area contributed by atoms with Gasteiger partial charge >= 0.3 is 18.4 Å². The first-order valence-corrected chi connectivity index (χ1v) is 11.4. The van der Waals surface area contributed by atoms with Gasteiger partial charge in [-0.25, -0.2) is 9.78 Å². The predicted molar refractivity (Wildman–Crippen MR) is 123 cm³/mol. The molecule has 0 saturated carbocycles. The topological polar surface area (TPSA) is 85.8 Å². The fourth-order valence-corrected chi connectivity index (χ4v) is 4.28. The molecule has 3 rings (SSSR count). The summed E-state index contributed by atoms with van der Waals surface area (Å²) in [7, 11) is 3.47. The van der Waals surface area contributed by atoms with Gasteiger partial charge in [-0.1, -0.05) is 6.92 Å². The second-order valence-electron chi connectivity index (χ2n) is 8.95. The molecule has 0 radical (unpaired) electrons. The van der Waals surface area contributed by atoms with Gasteiger partial charge in [0.1, 0.15) is 5.82 Å². The molecule has 37 heavy (non-hydrogen) atoms. The van der Waals surface area contributed by atoms with Crippen LogP contribution in [0.4, 0.5) is 42.6 Å². The van der Waals surface area contributed by atoms with Gasteiger partial charge in [0.25, 0.3) is 0 Å². The van der Waals surface area contributed by atoms with E-state index in [4.69, 9.17) is 0 Å². The van der Waals surface area contributed by atoms with Crippen LogP contribution in [-0.2, 0) is 23.6 Å². The van der Waals surface area contributed by atoms with Crippen molar-refractivity contribution in [3.05, 3.63) is 52.7 Å². The number of rotatable bonds is 6. The zero-order valence-corrected chi connectivity index (χ0v) is 20.2. The van der Waals surface area contributed by atoms with Gasteiger partial charge in [0, 0.05) is 26.6 Å². The lowest BCUT2D eigenvalue weighted by Gasteiger charge is -2.38. The van der Waals surface area contributed by atoms with Crippen molar-refractivity contribution in [2.75, 3.05) is 23.9 Å². The summed E-state index contributed by atoms with van der Waals surface area (Å²) in [4.78, 5) is 32.1. The van der Waals surface area contributed by atoms with Crippen LogP contribution in [0.15, 0.2) is 30.3 Å². The minimum Gasteiger partial charge on any atom is -0.465 e. The summed E-state index contributed by atoms with van der Waals surface area (Å²) in [6.45, 7) is 1.79. The van der Waals surface area contributed by atoms with Crippen molar-refractivity contribution in [1.82, 2.24) is 10.3 Å². The Morgan fingerprint density at radius 1 is 1.08 bits per heavy atom. The van der Waals surface area contributed by atoms with E-state index in [0.717, 1.165) is 0 Å². The molecule has 0 spiro atoms. The van der Waals surface area contributed by atoms with Crippen LogP contribution in [0.3, 0.4) is 0 Å². The van der Waals surface area contributed by atoms with Gasteiger partial charge in [0.15, 0.2) is 0 Å². The van der Waals surface area contributed by atoms with Crippen LogP contribution < -0.4 is 15.1 Å². The summed E-state index contributed by atoms with van der Waals surface area (Å²) in [5.74, 6) is -0.0977. The molecule has 0 unspecified atom stereocenters. The molecule has 7 nitrogen and oxygen atoms in total. The normalized spacial score (nSPS) is 17.8. The van der Waals surface area contributed by atoms with Crippen molar-refractivity contribution in [3.63, 3.8) is 0 Å². The molecule has 1 aliphatic rings. The van der Waals surface area contributed by atoms with Crippen LogP contribution in [0.25, 0.3) is 0 Å². The van der Waals surface area contributed by atoms with Crippen LogP contribution in [0.2, 0.25) is 0 Å². The highest BCUT2D eigenvalue weighted by Crippen LogP contribution is 2.39. The van der Waals surface area contributed by atoms with Gasteiger partial charge in [0.2, 0.25) is 5.91 Å². The van der Waals surface area contributed by atoms with Gasteiger partial charge in [-0.15, -0.1) is 0 Å². The molecule has 13 heteroatoms. The van der Waals surface area contributed by atoms with Crippen LogP contribution in [0.1, 0.15) is 54.6 Å². The van der Waals surface area contributed by atoms with Gasteiger partial charge in [-0.05, 0) is 55.2 Å². The Labute approximate surface area is 209 Å². The van der Waals surface area contributed by atoms with Crippen molar-refractivity contribution in [2.24, 2.45) is 0 Å². The number of benzene rings is 1. The smallest absolute Gasteiger partial charge is 0.416 e. The minimum atomic E-state index is -4.98. The Morgan fingerprint density at radius 3 is 2.16 bits per heavy atom. The van der Waals surface area contributed by atoms with Crippen molar-refractivity contribution < 1.29 is 41.0 Å². The highest BCUT2D eigenvalue weighted by molar-refractivity contribution is 5.89. The SMILES string of the molecule is CC[C@@H]1C[C@H](NC(=O)CCc2cc(C(F)(F)F)cc(C(F)(F)F)c2)c2nc(N(C)C)ccc2N1C(=O)O. The van der Waals surface area contributed by atoms with E-state index in [2.05, 4.69) is 10.3 Å². The van der Waals surface area contributed by atoms with E-state index in [1.807, 2.05) is 0 Å². The number of fused-ring (bicyclic) bond motifs is 1. The molecule has 2 atom stereocenters. The first kappa shape index (κ1) is 28.1. The molecule has 2 aromatic rings. The molecule has 1 aromatic heterocycles. The summed E-state index contributed by atoms with van der Waals surface area (Å²) >= 11 is 0. The van der Waals surface area contributed by atoms with Crippen molar-refractivity contribution >= 4 is 23.5 Å². The molecule has 0 bridgehead atoms. The molecule has 2 amide bonds. The zero-order chi connectivity index (χ0) is 27.7. The number of aromatic nitrogens is 1. The molecule has 0 fully saturated rings. The summed E-state index contributed by atoms with van der Waals surface area (Å²) in [5.41, 5.74) is -2.56. The molecule has 2 heterocycles. The summed E-state index contributed by atoms with van der Waals surface area (Å²) in [6, 6.07) is 3.29. The van der Waals surface area contributed by atoms with Crippen molar-refractivity contribution in [1.29, 1.82) is 0 Å². The average Bonchev–Trinajstić information content (AvgIpc) is 2.80. The molecule has 202 valence electrons. The zero-order valence-electron chi connectivity index (χ0n) is 20.2. The second-order valence-corrected chi connectivity index (χ2v) is 8.95. The molecule has 0 saturated heterocycles. The fraction of sp³-hybridized carbons (Fsp3) is 0.458. The molecule has 1 aliphatic heterocycles. The number of halogens is 6. The van der Waals surface area contributed by atoms with E-state index >= 15 is 0 Å². The standard InChI is InChI=1S/C24H26F6N4O3/c1-4-16-12-17(21-18(34(16)22(36)37)6-7-19(32-21)33(2)3)31-20(35)8-5-13-9-14(23(25,26)27)11-15(10-13)24(28,29)30/h6-7,9-11,16-17H,4-5,8,12H2,1-3H3,(H,31,35)(H,36,37)/t16-,17+/m1/s1.